The van der Waals surface area contributed by atoms with Crippen molar-refractivity contribution in [3.63, 3.8) is 0 Å². The van der Waals surface area contributed by atoms with Gasteiger partial charge < -0.3 is 19.9 Å². The van der Waals surface area contributed by atoms with Crippen LogP contribution in [0.1, 0.15) is 5.56 Å². The summed E-state index contributed by atoms with van der Waals surface area (Å²) in [6.45, 7) is 3.49. The average Bonchev–Trinajstić information content (AvgIpc) is 2.31. The molecule has 0 aliphatic carbocycles. The van der Waals surface area contributed by atoms with Gasteiger partial charge in [-0.1, -0.05) is 6.07 Å². The molecule has 2 aliphatic heterocycles. The van der Waals surface area contributed by atoms with Crippen LogP contribution < -0.4 is 10.5 Å². The van der Waals surface area contributed by atoms with E-state index >= 15 is 0 Å². The molecule has 2 heterocycles. The van der Waals surface area contributed by atoms with Crippen molar-refractivity contribution in [1.82, 2.24) is 0 Å². The third-order valence-electron chi connectivity index (χ3n) is 4.56. The van der Waals surface area contributed by atoms with E-state index < -0.39 is 0 Å². The molecule has 0 aromatic heterocycles. The molecule has 2 saturated heterocycles. The van der Waals surface area contributed by atoms with Gasteiger partial charge in [-0.05, 0) is 33.6 Å². The smallest absolute Gasteiger partial charge is 0.133 e. The molecule has 1 aromatic rings. The molecule has 104 valence electrons. The Morgan fingerprint density at radius 3 is 2.32 bits per heavy atom. The standard InChI is InChI=1S/C14H18BrNO3/c1-17-12-3-2-10(4-11(12)15)14(8-19-9-14)13(5-16)6-18-7-13/h2-4H,5-9,16H2,1H3. The maximum Gasteiger partial charge on any atom is 0.133 e. The van der Waals surface area contributed by atoms with Gasteiger partial charge in [-0.3, -0.25) is 0 Å². The maximum atomic E-state index is 6.02. The quantitative estimate of drug-likeness (QED) is 0.914. The molecule has 2 fully saturated rings. The zero-order valence-corrected chi connectivity index (χ0v) is 12.5. The van der Waals surface area contributed by atoms with Gasteiger partial charge >= 0.3 is 0 Å². The summed E-state index contributed by atoms with van der Waals surface area (Å²) in [5.74, 6) is 0.839. The van der Waals surface area contributed by atoms with Gasteiger partial charge in [0.1, 0.15) is 5.75 Å². The van der Waals surface area contributed by atoms with Gasteiger partial charge in [-0.25, -0.2) is 0 Å². The molecule has 0 atom stereocenters. The molecule has 5 heteroatoms. The van der Waals surface area contributed by atoms with Crippen molar-refractivity contribution in [2.75, 3.05) is 40.1 Å². The molecule has 2 aliphatic rings. The summed E-state index contributed by atoms with van der Waals surface area (Å²) in [5, 5.41) is 0. The minimum absolute atomic E-state index is 0.0132. The van der Waals surface area contributed by atoms with Crippen LogP contribution in [0.3, 0.4) is 0 Å². The molecule has 4 nitrogen and oxygen atoms in total. The van der Waals surface area contributed by atoms with Crippen LogP contribution in [0.25, 0.3) is 0 Å². The highest BCUT2D eigenvalue weighted by atomic mass is 79.9. The van der Waals surface area contributed by atoms with E-state index in [-0.39, 0.29) is 10.8 Å². The van der Waals surface area contributed by atoms with E-state index in [4.69, 9.17) is 19.9 Å². The van der Waals surface area contributed by atoms with Gasteiger partial charge in [-0.15, -0.1) is 0 Å². The van der Waals surface area contributed by atoms with E-state index in [1.54, 1.807) is 7.11 Å². The molecule has 2 N–H and O–H groups in total. The molecule has 3 rings (SSSR count). The van der Waals surface area contributed by atoms with Crippen LogP contribution in [0.4, 0.5) is 0 Å². The lowest BCUT2D eigenvalue weighted by Crippen LogP contribution is -2.69. The molecule has 0 radical (unpaired) electrons. The van der Waals surface area contributed by atoms with Gasteiger partial charge in [0.05, 0.1) is 43.4 Å². The Hall–Kier alpha value is -0.620. The second-order valence-corrected chi connectivity index (χ2v) is 6.26. The number of hydrogen-bond acceptors (Lipinski definition) is 4. The zero-order chi connectivity index (χ0) is 13.5. The van der Waals surface area contributed by atoms with Crippen molar-refractivity contribution in [2.24, 2.45) is 11.1 Å². The summed E-state index contributed by atoms with van der Waals surface area (Å²) in [4.78, 5) is 0. The topological polar surface area (TPSA) is 53.7 Å². The second-order valence-electron chi connectivity index (χ2n) is 5.40. The monoisotopic (exact) mass is 327 g/mol. The normalized spacial score (nSPS) is 23.3. The van der Waals surface area contributed by atoms with Gasteiger partial charge in [-0.2, -0.15) is 0 Å². The molecule has 0 bridgehead atoms. The number of halogens is 1. The fourth-order valence-corrected chi connectivity index (χ4v) is 3.53. The first kappa shape index (κ1) is 13.4. The Kier molecular flexibility index (Phi) is 3.33. The molecular formula is C14H18BrNO3. The largest absolute Gasteiger partial charge is 0.496 e. The van der Waals surface area contributed by atoms with Crippen LogP contribution >= 0.6 is 15.9 Å². The van der Waals surface area contributed by atoms with Crippen LogP contribution in [0.5, 0.6) is 5.75 Å². The third-order valence-corrected chi connectivity index (χ3v) is 5.18. The Morgan fingerprint density at radius 1 is 1.26 bits per heavy atom. The minimum Gasteiger partial charge on any atom is -0.496 e. The highest BCUT2D eigenvalue weighted by Crippen LogP contribution is 2.52. The molecular weight excluding hydrogens is 310 g/mol. The number of nitrogens with two attached hydrogens (primary N) is 1. The van der Waals surface area contributed by atoms with E-state index in [1.165, 1.54) is 5.56 Å². The predicted octanol–water partition coefficient (Wildman–Crippen LogP) is 1.70. The molecule has 0 saturated carbocycles. The van der Waals surface area contributed by atoms with Crippen molar-refractivity contribution >= 4 is 15.9 Å². The molecule has 0 spiro atoms. The van der Waals surface area contributed by atoms with Gasteiger partial charge in [0.2, 0.25) is 0 Å². The van der Waals surface area contributed by atoms with Crippen molar-refractivity contribution in [3.8, 4) is 5.75 Å². The number of rotatable bonds is 4. The molecule has 0 amide bonds. The van der Waals surface area contributed by atoms with Gasteiger partial charge in [0.15, 0.2) is 0 Å². The fourth-order valence-electron chi connectivity index (χ4n) is 2.99. The van der Waals surface area contributed by atoms with Crippen molar-refractivity contribution in [2.45, 2.75) is 5.41 Å². The summed E-state index contributed by atoms with van der Waals surface area (Å²) in [6, 6.07) is 6.22. The average molecular weight is 328 g/mol. The summed E-state index contributed by atoms with van der Waals surface area (Å²) < 4.78 is 17.2. The highest BCUT2D eigenvalue weighted by molar-refractivity contribution is 9.10. The van der Waals surface area contributed by atoms with Crippen LogP contribution in [-0.4, -0.2) is 40.1 Å². The SMILES string of the molecule is COc1ccc(C2(C3(CN)COC3)COC2)cc1Br. The summed E-state index contributed by atoms with van der Waals surface area (Å²) in [6.07, 6.45) is 0. The van der Waals surface area contributed by atoms with E-state index in [2.05, 4.69) is 28.1 Å². The third kappa shape index (κ3) is 1.76. The summed E-state index contributed by atoms with van der Waals surface area (Å²) in [5.41, 5.74) is 7.27. The Labute approximate surface area is 121 Å². The zero-order valence-electron chi connectivity index (χ0n) is 10.9. The lowest BCUT2D eigenvalue weighted by molar-refractivity contribution is -0.223. The summed E-state index contributed by atoms with van der Waals surface area (Å²) >= 11 is 3.55. The summed E-state index contributed by atoms with van der Waals surface area (Å²) in [7, 11) is 1.67. The number of benzene rings is 1. The van der Waals surface area contributed by atoms with Crippen molar-refractivity contribution in [1.29, 1.82) is 0 Å². The molecule has 1 aromatic carbocycles. The van der Waals surface area contributed by atoms with Crippen LogP contribution in [0.2, 0.25) is 0 Å². The first-order chi connectivity index (χ1) is 9.17. The second kappa shape index (κ2) is 4.74. The van der Waals surface area contributed by atoms with Crippen LogP contribution in [0, 0.1) is 5.41 Å². The Bertz CT molecular complexity index is 478. The number of methoxy groups -OCH3 is 1. The van der Waals surface area contributed by atoms with Gasteiger partial charge in [0, 0.05) is 12.0 Å². The van der Waals surface area contributed by atoms with E-state index in [1.807, 2.05) is 6.07 Å². The van der Waals surface area contributed by atoms with Gasteiger partial charge in [0.25, 0.3) is 0 Å². The van der Waals surface area contributed by atoms with E-state index in [0.717, 1.165) is 23.4 Å². The first-order valence-corrected chi connectivity index (χ1v) is 7.16. The van der Waals surface area contributed by atoms with E-state index in [9.17, 15) is 0 Å². The lowest BCUT2D eigenvalue weighted by Gasteiger charge is -2.59. The van der Waals surface area contributed by atoms with Crippen molar-refractivity contribution in [3.05, 3.63) is 28.2 Å². The highest BCUT2D eigenvalue weighted by Gasteiger charge is 2.60. The van der Waals surface area contributed by atoms with Crippen LogP contribution in [-0.2, 0) is 14.9 Å². The molecule has 19 heavy (non-hydrogen) atoms. The predicted molar refractivity (Wildman–Crippen MR) is 75.5 cm³/mol. The Morgan fingerprint density at radius 2 is 1.95 bits per heavy atom. The van der Waals surface area contributed by atoms with Crippen LogP contribution in [0.15, 0.2) is 22.7 Å². The van der Waals surface area contributed by atoms with Crippen molar-refractivity contribution < 1.29 is 14.2 Å². The number of ether oxygens (including phenoxy) is 3. The lowest BCUT2D eigenvalue weighted by atomic mass is 9.57. The fraction of sp³-hybridized carbons (Fsp3) is 0.571. The molecule has 0 unspecified atom stereocenters. The number of hydrogen-bond donors (Lipinski definition) is 1. The maximum absolute atomic E-state index is 6.02. The first-order valence-electron chi connectivity index (χ1n) is 6.37. The van der Waals surface area contributed by atoms with E-state index in [0.29, 0.717) is 19.8 Å². The Balaban J connectivity index is 2.00. The minimum atomic E-state index is -0.0191.